The molecule has 1 atom stereocenters. The molecule has 1 heterocycles. The monoisotopic (exact) mass is 375 g/mol. The van der Waals surface area contributed by atoms with Crippen LogP contribution in [0.2, 0.25) is 0 Å². The van der Waals surface area contributed by atoms with Crippen LogP contribution in [0.4, 0.5) is 13.2 Å². The number of carbonyl (C=O) groups is 1. The number of halogens is 3. The van der Waals surface area contributed by atoms with Gasteiger partial charge in [-0.05, 0) is 26.0 Å². The summed E-state index contributed by atoms with van der Waals surface area (Å²) in [5.74, 6) is -0.713. The van der Waals surface area contributed by atoms with Crippen LogP contribution in [0.15, 0.2) is 18.2 Å². The maximum absolute atomic E-state index is 12.3. The van der Waals surface area contributed by atoms with E-state index in [4.69, 9.17) is 14.2 Å². The first-order valence-electron chi connectivity index (χ1n) is 8.19. The standard InChI is InChI=1S/C18H24F3NO4/c1-16(2)10-25-15(26-17(16,3)4)11-6-7-12(13(8-11)24-5)14(23)22-9-18(19,20)21/h6-8,15H,9-10H2,1-5H3,(H,22,23). The van der Waals surface area contributed by atoms with Crippen molar-refractivity contribution in [1.82, 2.24) is 5.32 Å². The zero-order valence-electron chi connectivity index (χ0n) is 15.5. The molecule has 1 amide bonds. The molecule has 2 rings (SSSR count). The highest BCUT2D eigenvalue weighted by molar-refractivity contribution is 5.97. The van der Waals surface area contributed by atoms with Crippen LogP contribution < -0.4 is 10.1 Å². The maximum Gasteiger partial charge on any atom is 0.405 e. The lowest BCUT2D eigenvalue weighted by molar-refractivity contribution is -0.300. The molecule has 8 heteroatoms. The molecule has 146 valence electrons. The second kappa shape index (κ2) is 7.08. The summed E-state index contributed by atoms with van der Waals surface area (Å²) in [6.07, 6.45) is -5.13. The molecule has 1 aromatic carbocycles. The molecular weight excluding hydrogens is 351 g/mol. The summed E-state index contributed by atoms with van der Waals surface area (Å²) in [6, 6.07) is 4.53. The van der Waals surface area contributed by atoms with Gasteiger partial charge < -0.3 is 19.5 Å². The van der Waals surface area contributed by atoms with Crippen molar-refractivity contribution in [2.24, 2.45) is 5.41 Å². The number of rotatable bonds is 4. The molecule has 1 unspecified atom stereocenters. The van der Waals surface area contributed by atoms with Crippen LogP contribution in [0.3, 0.4) is 0 Å². The fourth-order valence-corrected chi connectivity index (χ4v) is 2.40. The first-order chi connectivity index (χ1) is 11.9. The molecule has 1 fully saturated rings. The lowest BCUT2D eigenvalue weighted by atomic mass is 9.77. The van der Waals surface area contributed by atoms with E-state index < -0.39 is 30.5 Å². The van der Waals surface area contributed by atoms with Gasteiger partial charge in [0.2, 0.25) is 0 Å². The predicted octanol–water partition coefficient (Wildman–Crippen LogP) is 3.84. The van der Waals surface area contributed by atoms with Crippen LogP contribution in [-0.4, -0.2) is 37.9 Å². The summed E-state index contributed by atoms with van der Waals surface area (Å²) in [7, 11) is 1.34. The Morgan fingerprint density at radius 1 is 1.31 bits per heavy atom. The van der Waals surface area contributed by atoms with Gasteiger partial charge in [-0.2, -0.15) is 13.2 Å². The van der Waals surface area contributed by atoms with E-state index in [1.165, 1.54) is 13.2 Å². The zero-order chi connectivity index (χ0) is 19.8. The molecule has 0 spiro atoms. The highest BCUT2D eigenvalue weighted by atomic mass is 19.4. The molecule has 1 N–H and O–H groups in total. The molecule has 1 saturated heterocycles. The summed E-state index contributed by atoms with van der Waals surface area (Å²) < 4.78 is 53.8. The lowest BCUT2D eigenvalue weighted by Gasteiger charge is -2.48. The number of ether oxygens (including phenoxy) is 3. The van der Waals surface area contributed by atoms with Gasteiger partial charge in [0, 0.05) is 11.0 Å². The van der Waals surface area contributed by atoms with Crippen molar-refractivity contribution in [3.63, 3.8) is 0 Å². The van der Waals surface area contributed by atoms with Gasteiger partial charge in [-0.15, -0.1) is 0 Å². The SMILES string of the molecule is COc1cc(C2OCC(C)(C)C(C)(C)O2)ccc1C(=O)NCC(F)(F)F. The summed E-state index contributed by atoms with van der Waals surface area (Å²) in [4.78, 5) is 12.0. The number of hydrogen-bond donors (Lipinski definition) is 1. The van der Waals surface area contributed by atoms with Crippen LogP contribution in [0.1, 0.15) is 49.9 Å². The number of amides is 1. The molecule has 0 bridgehead atoms. The minimum absolute atomic E-state index is 0.0101. The van der Waals surface area contributed by atoms with Crippen LogP contribution in [0, 0.1) is 5.41 Å². The Hall–Kier alpha value is -1.80. The molecule has 26 heavy (non-hydrogen) atoms. The van der Waals surface area contributed by atoms with E-state index in [2.05, 4.69) is 0 Å². The molecule has 1 aliphatic heterocycles. The van der Waals surface area contributed by atoms with Crippen molar-refractivity contribution in [3.8, 4) is 5.75 Å². The topological polar surface area (TPSA) is 56.8 Å². The van der Waals surface area contributed by atoms with Crippen molar-refractivity contribution < 1.29 is 32.2 Å². The van der Waals surface area contributed by atoms with Crippen molar-refractivity contribution >= 4 is 5.91 Å². The molecule has 1 aromatic rings. The summed E-state index contributed by atoms with van der Waals surface area (Å²) in [6.45, 7) is 7.09. The normalized spacial score (nSPS) is 21.9. The third-order valence-electron chi connectivity index (χ3n) is 4.82. The molecular formula is C18H24F3NO4. The summed E-state index contributed by atoms with van der Waals surface area (Å²) >= 11 is 0. The third kappa shape index (κ3) is 4.48. The van der Waals surface area contributed by atoms with Gasteiger partial charge >= 0.3 is 6.18 Å². The number of methoxy groups -OCH3 is 1. The molecule has 0 saturated carbocycles. The number of hydrogen-bond acceptors (Lipinski definition) is 4. The highest BCUT2D eigenvalue weighted by Gasteiger charge is 2.45. The molecule has 0 aliphatic carbocycles. The molecule has 0 radical (unpaired) electrons. The van der Waals surface area contributed by atoms with E-state index in [0.717, 1.165) is 0 Å². The molecule has 5 nitrogen and oxygen atoms in total. The Morgan fingerprint density at radius 3 is 2.50 bits per heavy atom. The summed E-state index contributed by atoms with van der Waals surface area (Å²) in [5.41, 5.74) is -0.00890. The van der Waals surface area contributed by atoms with Gasteiger partial charge in [0.05, 0.1) is 24.9 Å². The second-order valence-corrected chi connectivity index (χ2v) is 7.41. The largest absolute Gasteiger partial charge is 0.496 e. The zero-order valence-corrected chi connectivity index (χ0v) is 15.5. The van der Waals surface area contributed by atoms with Gasteiger partial charge in [0.25, 0.3) is 5.91 Å². The average Bonchev–Trinajstić information content (AvgIpc) is 2.54. The van der Waals surface area contributed by atoms with E-state index in [0.29, 0.717) is 12.2 Å². The fraction of sp³-hybridized carbons (Fsp3) is 0.611. The Bertz CT molecular complexity index is 671. The molecule has 0 aromatic heterocycles. The van der Waals surface area contributed by atoms with E-state index in [-0.39, 0.29) is 16.7 Å². The van der Waals surface area contributed by atoms with Gasteiger partial charge in [-0.3, -0.25) is 4.79 Å². The van der Waals surface area contributed by atoms with Crippen LogP contribution in [-0.2, 0) is 9.47 Å². The fourth-order valence-electron chi connectivity index (χ4n) is 2.40. The van der Waals surface area contributed by atoms with Crippen LogP contribution >= 0.6 is 0 Å². The Balaban J connectivity index is 2.20. The van der Waals surface area contributed by atoms with Gasteiger partial charge in [-0.25, -0.2) is 0 Å². The number of carbonyl (C=O) groups excluding carboxylic acids is 1. The number of nitrogens with one attached hydrogen (secondary N) is 1. The molecule has 1 aliphatic rings. The first-order valence-corrected chi connectivity index (χ1v) is 8.19. The van der Waals surface area contributed by atoms with E-state index >= 15 is 0 Å². The van der Waals surface area contributed by atoms with Crippen molar-refractivity contribution in [3.05, 3.63) is 29.3 Å². The first kappa shape index (κ1) is 20.5. The number of benzene rings is 1. The average molecular weight is 375 g/mol. The Morgan fingerprint density at radius 2 is 1.96 bits per heavy atom. The smallest absolute Gasteiger partial charge is 0.405 e. The van der Waals surface area contributed by atoms with E-state index in [1.54, 1.807) is 12.1 Å². The van der Waals surface area contributed by atoms with Crippen molar-refractivity contribution in [2.75, 3.05) is 20.3 Å². The highest BCUT2D eigenvalue weighted by Crippen LogP contribution is 2.44. The Labute approximate surface area is 150 Å². The maximum atomic E-state index is 12.3. The van der Waals surface area contributed by atoms with Crippen molar-refractivity contribution in [1.29, 1.82) is 0 Å². The quantitative estimate of drug-likeness (QED) is 0.869. The van der Waals surface area contributed by atoms with Gasteiger partial charge in [0.15, 0.2) is 6.29 Å². The van der Waals surface area contributed by atoms with E-state index in [1.807, 2.05) is 33.0 Å². The predicted molar refractivity (Wildman–Crippen MR) is 89.0 cm³/mol. The Kier molecular flexibility index (Phi) is 5.58. The van der Waals surface area contributed by atoms with E-state index in [9.17, 15) is 18.0 Å². The number of alkyl halides is 3. The summed E-state index contributed by atoms with van der Waals surface area (Å²) in [5, 5.41) is 1.83. The minimum Gasteiger partial charge on any atom is -0.496 e. The van der Waals surface area contributed by atoms with Gasteiger partial charge in [0.1, 0.15) is 12.3 Å². The van der Waals surface area contributed by atoms with Crippen LogP contribution in [0.5, 0.6) is 5.75 Å². The minimum atomic E-state index is -4.48. The lowest BCUT2D eigenvalue weighted by Crippen LogP contribution is -2.50. The van der Waals surface area contributed by atoms with Crippen LogP contribution in [0.25, 0.3) is 0 Å². The second-order valence-electron chi connectivity index (χ2n) is 7.41. The third-order valence-corrected chi connectivity index (χ3v) is 4.82. The van der Waals surface area contributed by atoms with Gasteiger partial charge in [-0.1, -0.05) is 19.9 Å². The van der Waals surface area contributed by atoms with Crippen molar-refractivity contribution in [2.45, 2.75) is 45.8 Å².